The van der Waals surface area contributed by atoms with Crippen LogP contribution in [0, 0.1) is 0 Å². The van der Waals surface area contributed by atoms with Crippen LogP contribution in [-0.2, 0) is 4.79 Å². The van der Waals surface area contributed by atoms with Crippen molar-refractivity contribution in [2.24, 2.45) is 0 Å². The molecule has 6 heteroatoms. The molecule has 108 valence electrons. The van der Waals surface area contributed by atoms with Gasteiger partial charge in [0.2, 0.25) is 0 Å². The number of nitrogens with zero attached hydrogens (tertiary/aromatic N) is 1. The molecule has 0 spiro atoms. The van der Waals surface area contributed by atoms with E-state index in [1.807, 2.05) is 0 Å². The van der Waals surface area contributed by atoms with Crippen molar-refractivity contribution >= 4 is 23.4 Å². The molecule has 0 aliphatic heterocycles. The number of benzene rings is 1. The second kappa shape index (κ2) is 6.37. The van der Waals surface area contributed by atoms with E-state index in [2.05, 4.69) is 4.98 Å². The third kappa shape index (κ3) is 3.79. The van der Waals surface area contributed by atoms with Crippen LogP contribution in [-0.4, -0.2) is 26.9 Å². The summed E-state index contributed by atoms with van der Waals surface area (Å²) < 4.78 is 7.50. The lowest BCUT2D eigenvalue weighted by Crippen LogP contribution is -2.06. The Bertz CT molecular complexity index is 748. The first-order chi connectivity index (χ1) is 10.4. The van der Waals surface area contributed by atoms with E-state index in [4.69, 9.17) is 18.1 Å². The average Bonchev–Trinajstić information content (AvgIpc) is 2.47. The molecule has 0 radical (unpaired) electrons. The average molecular weight is 307 g/mol. The van der Waals surface area contributed by atoms with Gasteiger partial charge in [-0.05, 0) is 23.7 Å². The van der Waals surface area contributed by atoms with E-state index >= 15 is 0 Å². The molecule has 0 amide bonds. The zero-order valence-electron chi connectivity index (χ0n) is 11.8. The maximum absolute atomic E-state index is 11.8. The van der Waals surface area contributed by atoms with Crippen LogP contribution in [0.2, 0.25) is 5.02 Å². The minimum Gasteiger partial charge on any atom is -0.506 e. The van der Waals surface area contributed by atoms with Gasteiger partial charge in [-0.1, -0.05) is 23.7 Å². The zero-order chi connectivity index (χ0) is 16.3. The fraction of sp³-hybridized carbons (Fsp3) is 0.133. The van der Waals surface area contributed by atoms with Crippen LogP contribution in [0.15, 0.2) is 36.5 Å². The number of ketones is 1. The van der Waals surface area contributed by atoms with Gasteiger partial charge in [-0.3, -0.25) is 9.59 Å². The van der Waals surface area contributed by atoms with Crippen molar-refractivity contribution < 1.29 is 21.2 Å². The molecule has 2 aromatic rings. The summed E-state index contributed by atoms with van der Waals surface area (Å²) in [6.07, 6.45) is 0.847. The molecular weight excluding hydrogens is 294 g/mol. The monoisotopic (exact) mass is 306 g/mol. The Morgan fingerprint density at radius 1 is 1.29 bits per heavy atom. The molecule has 0 saturated carbocycles. The summed E-state index contributed by atoms with van der Waals surface area (Å²) in [5.74, 6) is -1.94. The standard InChI is InChI=1S/C15H12ClNO4/c16-11-3-1-2-9(6-11)10-7-13(19)15(17-8-10)12(18)4-5-14(20)21/h1-3,6-8,19H,4-5H2,(H,20,21)/i3D. The molecular formula is C15H12ClNO4. The van der Waals surface area contributed by atoms with E-state index in [1.54, 1.807) is 12.1 Å². The van der Waals surface area contributed by atoms with E-state index in [-0.39, 0.29) is 35.4 Å². The summed E-state index contributed by atoms with van der Waals surface area (Å²) in [5.41, 5.74) is 1.02. The van der Waals surface area contributed by atoms with E-state index in [0.717, 1.165) is 0 Å². The van der Waals surface area contributed by atoms with E-state index in [1.165, 1.54) is 18.3 Å². The lowest BCUT2D eigenvalue weighted by molar-refractivity contribution is -0.136. The lowest BCUT2D eigenvalue weighted by Gasteiger charge is -2.06. The summed E-state index contributed by atoms with van der Waals surface area (Å²) in [6, 6.07) is 6.27. The highest BCUT2D eigenvalue weighted by molar-refractivity contribution is 6.30. The number of aliphatic carboxylic acids is 1. The number of carbonyl (C=O) groups is 2. The highest BCUT2D eigenvalue weighted by atomic mass is 35.5. The number of hydrogen-bond donors (Lipinski definition) is 2. The first kappa shape index (κ1) is 13.6. The van der Waals surface area contributed by atoms with Crippen LogP contribution in [0.25, 0.3) is 11.1 Å². The molecule has 2 N–H and O–H groups in total. The molecule has 21 heavy (non-hydrogen) atoms. The number of Topliss-reactive ketones (excluding diaryl/α,β-unsaturated/α-hetero) is 1. The summed E-state index contributed by atoms with van der Waals surface area (Å²) in [6.45, 7) is 0. The molecule has 0 saturated heterocycles. The molecule has 1 heterocycles. The fourth-order valence-electron chi connectivity index (χ4n) is 1.78. The summed E-state index contributed by atoms with van der Waals surface area (Å²) >= 11 is 5.88. The summed E-state index contributed by atoms with van der Waals surface area (Å²) in [7, 11) is 0. The molecule has 0 bridgehead atoms. The SMILES string of the molecule is [2H]c1ccc(-c2cnc(C(=O)CCC(=O)O)c(O)c2)cc1Cl. The molecule has 0 atom stereocenters. The number of carboxylic acids is 1. The van der Waals surface area contributed by atoms with Crippen molar-refractivity contribution in [1.82, 2.24) is 4.98 Å². The topological polar surface area (TPSA) is 87.5 Å². The van der Waals surface area contributed by atoms with Crippen molar-refractivity contribution in [2.45, 2.75) is 12.8 Å². The predicted octanol–water partition coefficient (Wildman–Crippen LogP) is 3.16. The zero-order valence-corrected chi connectivity index (χ0v) is 11.6. The Kier molecular flexibility index (Phi) is 4.12. The molecule has 2 rings (SSSR count). The quantitative estimate of drug-likeness (QED) is 0.828. The second-order valence-electron chi connectivity index (χ2n) is 4.33. The van der Waals surface area contributed by atoms with Crippen molar-refractivity contribution in [2.75, 3.05) is 0 Å². The van der Waals surface area contributed by atoms with Crippen molar-refractivity contribution in [3.63, 3.8) is 0 Å². The van der Waals surface area contributed by atoms with Crippen LogP contribution in [0.1, 0.15) is 24.7 Å². The largest absolute Gasteiger partial charge is 0.506 e. The molecule has 0 aliphatic carbocycles. The molecule has 5 nitrogen and oxygen atoms in total. The van der Waals surface area contributed by atoms with Gasteiger partial charge >= 0.3 is 5.97 Å². The number of carboxylic acid groups (broad SMARTS) is 1. The van der Waals surface area contributed by atoms with Crippen LogP contribution < -0.4 is 0 Å². The van der Waals surface area contributed by atoms with E-state index in [9.17, 15) is 14.7 Å². The van der Waals surface area contributed by atoms with Crippen LogP contribution >= 0.6 is 11.6 Å². The summed E-state index contributed by atoms with van der Waals surface area (Å²) in [5, 5.41) is 18.7. The minimum atomic E-state index is -1.09. The third-order valence-corrected chi connectivity index (χ3v) is 3.02. The normalized spacial score (nSPS) is 11.0. The van der Waals surface area contributed by atoms with Gasteiger partial charge in [0.15, 0.2) is 5.78 Å². The van der Waals surface area contributed by atoms with Gasteiger partial charge in [0, 0.05) is 23.2 Å². The van der Waals surface area contributed by atoms with Gasteiger partial charge in [-0.25, -0.2) is 4.98 Å². The highest BCUT2D eigenvalue weighted by Crippen LogP contribution is 2.27. The molecule has 0 fully saturated rings. The predicted molar refractivity (Wildman–Crippen MR) is 77.5 cm³/mol. The number of halogens is 1. The van der Waals surface area contributed by atoms with Gasteiger partial charge in [-0.15, -0.1) is 0 Å². The number of rotatable bonds is 5. The first-order valence-electron chi connectivity index (χ1n) is 6.59. The molecule has 0 aliphatic rings. The minimum absolute atomic E-state index is 0.159. The number of pyridine rings is 1. The number of hydrogen-bond acceptors (Lipinski definition) is 4. The Labute approximate surface area is 127 Å². The van der Waals surface area contributed by atoms with Crippen molar-refractivity contribution in [3.8, 4) is 16.9 Å². The lowest BCUT2D eigenvalue weighted by atomic mass is 10.1. The smallest absolute Gasteiger partial charge is 0.303 e. The van der Waals surface area contributed by atoms with Crippen LogP contribution in [0.3, 0.4) is 0 Å². The third-order valence-electron chi connectivity index (χ3n) is 2.80. The van der Waals surface area contributed by atoms with Gasteiger partial charge in [-0.2, -0.15) is 0 Å². The first-order valence-corrected chi connectivity index (χ1v) is 6.47. The number of carbonyl (C=O) groups excluding carboxylic acids is 1. The Morgan fingerprint density at radius 3 is 2.67 bits per heavy atom. The molecule has 1 aromatic carbocycles. The van der Waals surface area contributed by atoms with Crippen molar-refractivity contribution in [1.29, 1.82) is 0 Å². The van der Waals surface area contributed by atoms with Gasteiger partial charge in [0.25, 0.3) is 0 Å². The number of aromatic hydroxyl groups is 1. The van der Waals surface area contributed by atoms with Gasteiger partial charge in [0.1, 0.15) is 11.4 Å². The fourth-order valence-corrected chi connectivity index (χ4v) is 1.96. The highest BCUT2D eigenvalue weighted by Gasteiger charge is 2.15. The van der Waals surface area contributed by atoms with Gasteiger partial charge in [0.05, 0.1) is 7.79 Å². The molecule has 0 unspecified atom stereocenters. The number of aromatic nitrogens is 1. The summed E-state index contributed by atoms with van der Waals surface area (Å²) in [4.78, 5) is 26.1. The maximum Gasteiger partial charge on any atom is 0.303 e. The second-order valence-corrected chi connectivity index (χ2v) is 4.74. The van der Waals surface area contributed by atoms with Crippen molar-refractivity contribution in [3.05, 3.63) is 47.2 Å². The van der Waals surface area contributed by atoms with Crippen LogP contribution in [0.5, 0.6) is 5.75 Å². The maximum atomic E-state index is 11.8. The Morgan fingerprint density at radius 2 is 2.05 bits per heavy atom. The van der Waals surface area contributed by atoms with Crippen LogP contribution in [0.4, 0.5) is 0 Å². The van der Waals surface area contributed by atoms with Gasteiger partial charge < -0.3 is 10.2 Å². The Hall–Kier alpha value is -2.40. The van der Waals surface area contributed by atoms with E-state index < -0.39 is 11.8 Å². The Balaban J connectivity index is 2.27. The molecule has 1 aromatic heterocycles. The van der Waals surface area contributed by atoms with E-state index in [0.29, 0.717) is 11.1 Å².